The van der Waals surface area contributed by atoms with Crippen LogP contribution in [0.1, 0.15) is 32.1 Å². The molecule has 1 aliphatic rings. The van der Waals surface area contributed by atoms with Crippen LogP contribution < -0.4 is 32.7 Å². The standard InChI is InChI=1S/C30H41F2N7O8/c1-16(2)11-18(36-28(44)19(35-22(41)13-33)12-17-7-5-4-6-8-17)27(43)34-14-23(42)37-21-9-10-39(30(45)38-21)29-25(32)24(31)26(46-3)20(15-40)47-29/h4-10,16,18-20,24-26,29,40H,11-15,33H2,1-3H3,(H,34,43)(H,35,41)(H,36,44)(H,37,38,42,45). The van der Waals surface area contributed by atoms with E-state index in [4.69, 9.17) is 15.2 Å². The lowest BCUT2D eigenvalue weighted by molar-refractivity contribution is -0.226. The van der Waals surface area contributed by atoms with E-state index in [0.717, 1.165) is 24.9 Å². The number of benzene rings is 1. The molecule has 2 heterocycles. The number of alkyl halides is 2. The number of anilines is 1. The molecule has 1 aromatic carbocycles. The zero-order chi connectivity index (χ0) is 34.7. The van der Waals surface area contributed by atoms with Crippen molar-refractivity contribution in [1.82, 2.24) is 25.5 Å². The first kappa shape index (κ1) is 37.1. The number of rotatable bonds is 15. The highest BCUT2D eigenvalue weighted by molar-refractivity contribution is 5.96. The maximum atomic E-state index is 14.8. The van der Waals surface area contributed by atoms with E-state index in [-0.39, 0.29) is 31.1 Å². The SMILES string of the molecule is COC1C(CO)OC(n2ccc(NC(=O)CNC(=O)C(CC(C)C)NC(=O)C(Cc3ccccc3)NC(=O)CN)nc2=O)C(F)C1F. The summed E-state index contributed by atoms with van der Waals surface area (Å²) in [6.07, 6.45) is -7.50. The Morgan fingerprint density at radius 3 is 2.34 bits per heavy atom. The number of halogens is 2. The van der Waals surface area contributed by atoms with Gasteiger partial charge in [0.05, 0.1) is 19.7 Å². The van der Waals surface area contributed by atoms with E-state index in [2.05, 4.69) is 26.3 Å². The monoisotopic (exact) mass is 665 g/mol. The molecule has 1 aromatic heterocycles. The molecule has 1 saturated heterocycles. The zero-order valence-electron chi connectivity index (χ0n) is 26.2. The number of methoxy groups -OCH3 is 1. The summed E-state index contributed by atoms with van der Waals surface area (Å²) < 4.78 is 40.3. The Morgan fingerprint density at radius 1 is 1.04 bits per heavy atom. The minimum absolute atomic E-state index is 0.0421. The van der Waals surface area contributed by atoms with Crippen molar-refractivity contribution >= 4 is 29.4 Å². The molecule has 7 atom stereocenters. The number of nitrogens with zero attached hydrogens (tertiary/aromatic N) is 2. The molecule has 0 spiro atoms. The molecule has 15 nitrogen and oxygen atoms in total. The average Bonchev–Trinajstić information content (AvgIpc) is 3.04. The predicted octanol–water partition coefficient (Wildman–Crippen LogP) is -0.904. The molecule has 47 heavy (non-hydrogen) atoms. The van der Waals surface area contributed by atoms with Crippen LogP contribution in [-0.4, -0.2) is 102 Å². The van der Waals surface area contributed by atoms with Crippen LogP contribution in [0.25, 0.3) is 0 Å². The molecule has 1 aliphatic heterocycles. The molecular weight excluding hydrogens is 624 g/mol. The van der Waals surface area contributed by atoms with Gasteiger partial charge in [0.25, 0.3) is 0 Å². The van der Waals surface area contributed by atoms with Gasteiger partial charge in [0.2, 0.25) is 23.6 Å². The lowest BCUT2D eigenvalue weighted by atomic mass is 10.0. The number of carbonyl (C=O) groups excluding carboxylic acids is 4. The fourth-order valence-corrected chi connectivity index (χ4v) is 4.96. The molecule has 2 aromatic rings. The number of aromatic nitrogens is 2. The Morgan fingerprint density at radius 2 is 1.74 bits per heavy atom. The van der Waals surface area contributed by atoms with E-state index in [0.29, 0.717) is 4.57 Å². The highest BCUT2D eigenvalue weighted by Gasteiger charge is 2.48. The van der Waals surface area contributed by atoms with Crippen LogP contribution in [-0.2, 0) is 35.1 Å². The molecule has 258 valence electrons. The summed E-state index contributed by atoms with van der Waals surface area (Å²) in [6, 6.07) is 8.00. The van der Waals surface area contributed by atoms with Gasteiger partial charge >= 0.3 is 5.69 Å². The summed E-state index contributed by atoms with van der Waals surface area (Å²) in [6.45, 7) is 2.08. The van der Waals surface area contributed by atoms with Gasteiger partial charge in [-0.05, 0) is 24.0 Å². The molecule has 0 saturated carbocycles. The fourth-order valence-electron chi connectivity index (χ4n) is 4.96. The molecule has 0 radical (unpaired) electrons. The summed E-state index contributed by atoms with van der Waals surface area (Å²) in [4.78, 5) is 67.2. The average molecular weight is 666 g/mol. The van der Waals surface area contributed by atoms with Gasteiger partial charge in [-0.1, -0.05) is 44.2 Å². The Kier molecular flexibility index (Phi) is 13.9. The Balaban J connectivity index is 1.63. The van der Waals surface area contributed by atoms with Crippen molar-refractivity contribution in [1.29, 1.82) is 0 Å². The number of nitrogens with one attached hydrogen (secondary N) is 4. The molecule has 0 aliphatic carbocycles. The number of nitrogens with two attached hydrogens (primary N) is 1. The molecule has 7 unspecified atom stereocenters. The van der Waals surface area contributed by atoms with Gasteiger partial charge in [-0.15, -0.1) is 0 Å². The lowest BCUT2D eigenvalue weighted by Gasteiger charge is -2.39. The van der Waals surface area contributed by atoms with Crippen LogP contribution in [0.3, 0.4) is 0 Å². The van der Waals surface area contributed by atoms with E-state index >= 15 is 0 Å². The molecule has 0 bridgehead atoms. The second kappa shape index (κ2) is 17.6. The van der Waals surface area contributed by atoms with Crippen molar-refractivity contribution < 1.29 is 42.5 Å². The normalized spacial score (nSPS) is 22.2. The van der Waals surface area contributed by atoms with Crippen molar-refractivity contribution in [3.05, 3.63) is 58.6 Å². The van der Waals surface area contributed by atoms with Crippen molar-refractivity contribution in [3.8, 4) is 0 Å². The third-order valence-electron chi connectivity index (χ3n) is 7.28. The minimum atomic E-state index is -2.32. The summed E-state index contributed by atoms with van der Waals surface area (Å²) in [5.74, 6) is -2.91. The van der Waals surface area contributed by atoms with Crippen LogP contribution in [0.4, 0.5) is 14.6 Å². The van der Waals surface area contributed by atoms with Crippen molar-refractivity contribution in [2.45, 2.75) is 69.6 Å². The van der Waals surface area contributed by atoms with E-state index in [9.17, 15) is 37.9 Å². The molecule has 7 N–H and O–H groups in total. The van der Waals surface area contributed by atoms with Gasteiger partial charge in [-0.25, -0.2) is 13.6 Å². The number of ether oxygens (including phenoxy) is 2. The molecule has 17 heteroatoms. The minimum Gasteiger partial charge on any atom is -0.394 e. The number of carbonyl (C=O) groups is 4. The van der Waals surface area contributed by atoms with Gasteiger partial charge in [-0.3, -0.25) is 23.7 Å². The Hall–Kier alpha value is -4.32. The Bertz CT molecular complexity index is 1430. The molecular formula is C30H41F2N7O8. The first-order valence-corrected chi connectivity index (χ1v) is 15.0. The van der Waals surface area contributed by atoms with Crippen LogP contribution in [0.5, 0.6) is 0 Å². The maximum absolute atomic E-state index is 14.8. The zero-order valence-corrected chi connectivity index (χ0v) is 26.2. The van der Waals surface area contributed by atoms with Crippen LogP contribution in [0.15, 0.2) is 47.4 Å². The fraction of sp³-hybridized carbons (Fsp3) is 0.533. The van der Waals surface area contributed by atoms with Crippen LogP contribution >= 0.6 is 0 Å². The summed E-state index contributed by atoms with van der Waals surface area (Å²) in [5, 5.41) is 19.5. The molecule has 3 rings (SSSR count). The van der Waals surface area contributed by atoms with Crippen molar-refractivity contribution in [3.63, 3.8) is 0 Å². The number of aliphatic hydroxyl groups is 1. The first-order valence-electron chi connectivity index (χ1n) is 15.0. The Labute approximate surface area is 269 Å². The third-order valence-corrected chi connectivity index (χ3v) is 7.28. The highest BCUT2D eigenvalue weighted by Crippen LogP contribution is 2.32. The van der Waals surface area contributed by atoms with E-state index in [1.165, 1.54) is 0 Å². The summed E-state index contributed by atoms with van der Waals surface area (Å²) in [7, 11) is 1.14. The largest absolute Gasteiger partial charge is 0.394 e. The highest BCUT2D eigenvalue weighted by atomic mass is 19.2. The van der Waals surface area contributed by atoms with E-state index in [1.54, 1.807) is 30.3 Å². The number of amides is 4. The summed E-state index contributed by atoms with van der Waals surface area (Å²) >= 11 is 0. The van der Waals surface area contributed by atoms with Crippen molar-refractivity contribution in [2.24, 2.45) is 11.7 Å². The topological polar surface area (TPSA) is 216 Å². The number of hydrogen-bond donors (Lipinski definition) is 6. The van der Waals surface area contributed by atoms with Gasteiger partial charge in [0.15, 0.2) is 18.6 Å². The smallest absolute Gasteiger partial charge is 0.351 e. The van der Waals surface area contributed by atoms with Crippen LogP contribution in [0, 0.1) is 5.92 Å². The lowest BCUT2D eigenvalue weighted by Crippen LogP contribution is -2.55. The van der Waals surface area contributed by atoms with E-state index in [1.807, 2.05) is 13.8 Å². The van der Waals surface area contributed by atoms with E-state index < -0.39 is 85.3 Å². The van der Waals surface area contributed by atoms with Crippen molar-refractivity contribution in [2.75, 3.05) is 32.1 Å². The summed E-state index contributed by atoms with van der Waals surface area (Å²) in [5.41, 5.74) is 5.11. The second-order valence-electron chi connectivity index (χ2n) is 11.3. The van der Waals surface area contributed by atoms with Gasteiger partial charge in [0, 0.05) is 19.7 Å². The number of hydrogen-bond acceptors (Lipinski definition) is 10. The molecule has 1 fully saturated rings. The predicted molar refractivity (Wildman–Crippen MR) is 164 cm³/mol. The number of aliphatic hydroxyl groups excluding tert-OH is 1. The second-order valence-corrected chi connectivity index (χ2v) is 11.3. The van der Waals surface area contributed by atoms with Gasteiger partial charge in [-0.2, -0.15) is 4.98 Å². The van der Waals surface area contributed by atoms with Gasteiger partial charge in [0.1, 0.15) is 30.1 Å². The first-order chi connectivity index (χ1) is 22.4. The maximum Gasteiger partial charge on any atom is 0.351 e. The van der Waals surface area contributed by atoms with Gasteiger partial charge < -0.3 is 41.6 Å². The van der Waals surface area contributed by atoms with Crippen LogP contribution in [0.2, 0.25) is 0 Å². The third kappa shape index (κ3) is 10.3. The quantitative estimate of drug-likeness (QED) is 0.138. The molecule has 4 amide bonds.